The first-order valence-electron chi connectivity index (χ1n) is 6.08. The SMILES string of the molecule is CCC1(C)C(O)C2COc3ccccc3C21. The van der Waals surface area contributed by atoms with Crippen LogP contribution in [0.1, 0.15) is 31.7 Å². The van der Waals surface area contributed by atoms with Gasteiger partial charge in [-0.1, -0.05) is 32.0 Å². The number of aliphatic hydroxyl groups excluding tert-OH is 1. The zero-order chi connectivity index (χ0) is 11.3. The zero-order valence-corrected chi connectivity index (χ0v) is 9.81. The monoisotopic (exact) mass is 218 g/mol. The number of rotatable bonds is 1. The number of aliphatic hydroxyl groups is 1. The van der Waals surface area contributed by atoms with Crippen molar-refractivity contribution in [2.75, 3.05) is 6.61 Å². The van der Waals surface area contributed by atoms with Crippen LogP contribution in [0.2, 0.25) is 0 Å². The summed E-state index contributed by atoms with van der Waals surface area (Å²) in [6.07, 6.45) is 0.805. The molecule has 0 bridgehead atoms. The van der Waals surface area contributed by atoms with Gasteiger partial charge in [0, 0.05) is 17.3 Å². The van der Waals surface area contributed by atoms with Crippen molar-refractivity contribution < 1.29 is 9.84 Å². The summed E-state index contributed by atoms with van der Waals surface area (Å²) in [5.41, 5.74) is 1.32. The molecule has 3 rings (SSSR count). The zero-order valence-electron chi connectivity index (χ0n) is 9.81. The van der Waals surface area contributed by atoms with Gasteiger partial charge in [-0.15, -0.1) is 0 Å². The van der Waals surface area contributed by atoms with E-state index in [1.165, 1.54) is 5.56 Å². The number of para-hydroxylation sites is 1. The Morgan fingerprint density at radius 2 is 2.19 bits per heavy atom. The molecule has 1 N–H and O–H groups in total. The molecule has 0 spiro atoms. The number of hydrogen-bond donors (Lipinski definition) is 1. The molecule has 0 aromatic heterocycles. The van der Waals surface area contributed by atoms with Crippen LogP contribution in [0.4, 0.5) is 0 Å². The minimum atomic E-state index is -0.212. The van der Waals surface area contributed by atoms with E-state index in [1.54, 1.807) is 0 Å². The highest BCUT2D eigenvalue weighted by atomic mass is 16.5. The smallest absolute Gasteiger partial charge is 0.122 e. The maximum Gasteiger partial charge on any atom is 0.122 e. The van der Waals surface area contributed by atoms with Gasteiger partial charge in [0.25, 0.3) is 0 Å². The molecule has 0 saturated heterocycles. The maximum atomic E-state index is 10.2. The molecule has 1 aromatic carbocycles. The summed E-state index contributed by atoms with van der Waals surface area (Å²) >= 11 is 0. The molecule has 2 heteroatoms. The van der Waals surface area contributed by atoms with Crippen molar-refractivity contribution in [1.29, 1.82) is 0 Å². The molecule has 1 aliphatic heterocycles. The first-order valence-corrected chi connectivity index (χ1v) is 6.08. The van der Waals surface area contributed by atoms with Gasteiger partial charge in [0.1, 0.15) is 5.75 Å². The van der Waals surface area contributed by atoms with Crippen molar-refractivity contribution in [3.63, 3.8) is 0 Å². The van der Waals surface area contributed by atoms with Gasteiger partial charge in [-0.25, -0.2) is 0 Å². The number of ether oxygens (including phenoxy) is 1. The lowest BCUT2D eigenvalue weighted by Crippen LogP contribution is -2.60. The van der Waals surface area contributed by atoms with Crippen LogP contribution >= 0.6 is 0 Å². The largest absolute Gasteiger partial charge is 0.493 e. The van der Waals surface area contributed by atoms with Crippen LogP contribution in [0.25, 0.3) is 0 Å². The Morgan fingerprint density at radius 1 is 1.44 bits per heavy atom. The van der Waals surface area contributed by atoms with Crippen LogP contribution in [-0.4, -0.2) is 17.8 Å². The molecule has 2 nitrogen and oxygen atoms in total. The van der Waals surface area contributed by atoms with Gasteiger partial charge in [-0.05, 0) is 18.1 Å². The summed E-state index contributed by atoms with van der Waals surface area (Å²) in [6.45, 7) is 5.02. The third kappa shape index (κ3) is 1.06. The second-order valence-electron chi connectivity index (χ2n) is 5.29. The lowest BCUT2D eigenvalue weighted by Gasteiger charge is -2.59. The van der Waals surface area contributed by atoms with Crippen molar-refractivity contribution in [3.05, 3.63) is 29.8 Å². The van der Waals surface area contributed by atoms with Gasteiger partial charge in [-0.2, -0.15) is 0 Å². The lowest BCUT2D eigenvalue weighted by molar-refractivity contribution is -0.156. The Labute approximate surface area is 96.2 Å². The van der Waals surface area contributed by atoms with E-state index in [2.05, 4.69) is 26.0 Å². The average Bonchev–Trinajstić information content (AvgIpc) is 2.35. The maximum absolute atomic E-state index is 10.2. The van der Waals surface area contributed by atoms with Crippen LogP contribution in [-0.2, 0) is 0 Å². The Kier molecular flexibility index (Phi) is 2.05. The van der Waals surface area contributed by atoms with Crippen LogP contribution in [0.3, 0.4) is 0 Å². The van der Waals surface area contributed by atoms with E-state index in [-0.39, 0.29) is 11.5 Å². The molecular weight excluding hydrogens is 200 g/mol. The molecule has 4 atom stereocenters. The molecule has 2 aliphatic rings. The van der Waals surface area contributed by atoms with Crippen molar-refractivity contribution >= 4 is 0 Å². The minimum Gasteiger partial charge on any atom is -0.493 e. The molecule has 1 aromatic rings. The van der Waals surface area contributed by atoms with E-state index in [1.807, 2.05) is 12.1 Å². The predicted octanol–water partition coefficient (Wildman–Crippen LogP) is 2.57. The lowest BCUT2D eigenvalue weighted by atomic mass is 9.49. The topological polar surface area (TPSA) is 29.5 Å². The number of fused-ring (bicyclic) bond motifs is 3. The van der Waals surface area contributed by atoms with Crippen molar-refractivity contribution in [2.24, 2.45) is 11.3 Å². The van der Waals surface area contributed by atoms with Crippen LogP contribution in [0, 0.1) is 11.3 Å². The summed E-state index contributed by atoms with van der Waals surface area (Å²) in [7, 11) is 0. The van der Waals surface area contributed by atoms with E-state index in [0.717, 1.165) is 12.2 Å². The third-order valence-corrected chi connectivity index (χ3v) is 4.67. The molecule has 0 amide bonds. The molecule has 4 unspecified atom stereocenters. The molecule has 16 heavy (non-hydrogen) atoms. The standard InChI is InChI=1S/C14H18O2/c1-3-14(2)12-9-6-4-5-7-11(9)16-8-10(12)13(14)15/h4-7,10,12-13,15H,3,8H2,1-2H3. The Morgan fingerprint density at radius 3 is 2.94 bits per heavy atom. The second kappa shape index (κ2) is 3.24. The molecule has 0 radical (unpaired) electrons. The van der Waals surface area contributed by atoms with Gasteiger partial charge in [0.2, 0.25) is 0 Å². The summed E-state index contributed by atoms with van der Waals surface area (Å²) < 4.78 is 5.71. The normalized spacial score (nSPS) is 40.3. The fourth-order valence-electron chi connectivity index (χ4n) is 3.48. The molecule has 1 fully saturated rings. The number of hydrogen-bond acceptors (Lipinski definition) is 2. The van der Waals surface area contributed by atoms with Crippen LogP contribution in [0.5, 0.6) is 5.75 Å². The fourth-order valence-corrected chi connectivity index (χ4v) is 3.48. The summed E-state index contributed by atoms with van der Waals surface area (Å²) in [5, 5.41) is 10.2. The molecule has 1 saturated carbocycles. The Bertz CT molecular complexity index is 415. The van der Waals surface area contributed by atoms with E-state index in [4.69, 9.17) is 4.74 Å². The van der Waals surface area contributed by atoms with E-state index in [0.29, 0.717) is 18.4 Å². The minimum absolute atomic E-state index is 0.0323. The average molecular weight is 218 g/mol. The van der Waals surface area contributed by atoms with Gasteiger partial charge >= 0.3 is 0 Å². The highest BCUT2D eigenvalue weighted by Crippen LogP contribution is 2.61. The van der Waals surface area contributed by atoms with E-state index < -0.39 is 0 Å². The second-order valence-corrected chi connectivity index (χ2v) is 5.29. The molecular formula is C14H18O2. The molecule has 1 heterocycles. The van der Waals surface area contributed by atoms with Gasteiger partial charge in [-0.3, -0.25) is 0 Å². The van der Waals surface area contributed by atoms with Gasteiger partial charge in [0.05, 0.1) is 12.7 Å². The summed E-state index contributed by atoms with van der Waals surface area (Å²) in [4.78, 5) is 0. The Balaban J connectivity index is 2.05. The predicted molar refractivity (Wildman–Crippen MR) is 62.6 cm³/mol. The van der Waals surface area contributed by atoms with Crippen molar-refractivity contribution in [2.45, 2.75) is 32.3 Å². The first-order chi connectivity index (χ1) is 7.68. The third-order valence-electron chi connectivity index (χ3n) is 4.67. The van der Waals surface area contributed by atoms with Crippen molar-refractivity contribution in [1.82, 2.24) is 0 Å². The molecule has 86 valence electrons. The van der Waals surface area contributed by atoms with Gasteiger partial charge < -0.3 is 9.84 Å². The number of benzene rings is 1. The van der Waals surface area contributed by atoms with E-state index in [9.17, 15) is 5.11 Å². The van der Waals surface area contributed by atoms with Crippen LogP contribution in [0.15, 0.2) is 24.3 Å². The highest BCUT2D eigenvalue weighted by Gasteiger charge is 2.60. The Hall–Kier alpha value is -1.02. The molecule has 1 aliphatic carbocycles. The van der Waals surface area contributed by atoms with Crippen LogP contribution < -0.4 is 4.74 Å². The summed E-state index contributed by atoms with van der Waals surface area (Å²) in [5.74, 6) is 1.77. The van der Waals surface area contributed by atoms with Crippen molar-refractivity contribution in [3.8, 4) is 5.75 Å². The van der Waals surface area contributed by atoms with E-state index >= 15 is 0 Å². The summed E-state index contributed by atoms with van der Waals surface area (Å²) in [6, 6.07) is 8.25. The van der Waals surface area contributed by atoms with Gasteiger partial charge in [0.15, 0.2) is 0 Å². The fraction of sp³-hybridized carbons (Fsp3) is 0.571. The quantitative estimate of drug-likeness (QED) is 0.785. The highest BCUT2D eigenvalue weighted by molar-refractivity contribution is 5.43. The first kappa shape index (κ1) is 10.2.